The summed E-state index contributed by atoms with van der Waals surface area (Å²) in [6, 6.07) is 4.04. The maximum atomic E-state index is 13.3. The molecule has 2 heterocycles. The van der Waals surface area contributed by atoms with Gasteiger partial charge in [-0.2, -0.15) is 17.9 Å². The van der Waals surface area contributed by atoms with E-state index in [1.165, 1.54) is 23.1 Å². The number of nitrogens with zero attached hydrogens (tertiary/aromatic N) is 5. The van der Waals surface area contributed by atoms with Crippen molar-refractivity contribution in [2.45, 2.75) is 65.2 Å². The van der Waals surface area contributed by atoms with E-state index >= 15 is 0 Å². The van der Waals surface area contributed by atoms with Crippen molar-refractivity contribution in [1.29, 1.82) is 0 Å². The van der Waals surface area contributed by atoms with Crippen LogP contribution in [0.4, 0.5) is 13.2 Å². The van der Waals surface area contributed by atoms with Crippen LogP contribution >= 0.6 is 0 Å². The molecule has 0 unspecified atom stereocenters. The number of ether oxygens (including phenoxy) is 1. The van der Waals surface area contributed by atoms with Gasteiger partial charge in [-0.15, -0.1) is 5.10 Å². The second-order valence-corrected chi connectivity index (χ2v) is 14.1. The van der Waals surface area contributed by atoms with E-state index in [9.17, 15) is 13.2 Å². The molecule has 33 heavy (non-hydrogen) atoms. The molecule has 2 aromatic heterocycles. The molecule has 0 spiro atoms. The Morgan fingerprint density at radius 1 is 1.03 bits per heavy atom. The fourth-order valence-electron chi connectivity index (χ4n) is 2.75. The average molecular weight is 480 g/mol. The monoisotopic (exact) mass is 479 g/mol. The lowest BCUT2D eigenvalue weighted by molar-refractivity contribution is -0.138. The third kappa shape index (κ3) is 5.96. The van der Waals surface area contributed by atoms with E-state index in [0.717, 1.165) is 6.07 Å². The van der Waals surface area contributed by atoms with Crippen LogP contribution in [0.1, 0.15) is 43.2 Å². The van der Waals surface area contributed by atoms with Gasteiger partial charge in [-0.25, -0.2) is 9.97 Å². The van der Waals surface area contributed by atoms with Gasteiger partial charge in [-0.1, -0.05) is 38.1 Å². The van der Waals surface area contributed by atoms with Crippen LogP contribution in [0.25, 0.3) is 5.95 Å². The van der Waals surface area contributed by atoms with Crippen LogP contribution in [-0.4, -0.2) is 33.3 Å². The highest BCUT2D eigenvalue weighted by Gasteiger charge is 2.37. The quantitative estimate of drug-likeness (QED) is 0.418. The van der Waals surface area contributed by atoms with Crippen molar-refractivity contribution >= 4 is 8.32 Å². The molecule has 0 fully saturated rings. The molecule has 1 aromatic carbocycles. The number of halogens is 3. The first-order valence-electron chi connectivity index (χ1n) is 10.4. The van der Waals surface area contributed by atoms with Crippen molar-refractivity contribution in [2.24, 2.45) is 0 Å². The molecule has 0 atom stereocenters. The summed E-state index contributed by atoms with van der Waals surface area (Å²) >= 11 is 0. The zero-order valence-corrected chi connectivity index (χ0v) is 20.6. The Labute approximate surface area is 192 Å². The maximum absolute atomic E-state index is 13.3. The Morgan fingerprint density at radius 2 is 1.70 bits per heavy atom. The lowest BCUT2D eigenvalue weighted by Gasteiger charge is -2.35. The Bertz CT molecular complexity index is 1090. The molecule has 11 heteroatoms. The summed E-state index contributed by atoms with van der Waals surface area (Å²) in [5, 5.41) is 8.23. The molecule has 0 aliphatic heterocycles. The van der Waals surface area contributed by atoms with Crippen LogP contribution in [0, 0.1) is 6.92 Å². The van der Waals surface area contributed by atoms with Gasteiger partial charge < -0.3 is 9.16 Å². The largest absolute Gasteiger partial charge is 0.486 e. The van der Waals surface area contributed by atoms with Crippen LogP contribution in [0.5, 0.6) is 5.75 Å². The minimum Gasteiger partial charge on any atom is -0.486 e. The van der Waals surface area contributed by atoms with E-state index < -0.39 is 20.1 Å². The lowest BCUT2D eigenvalue weighted by atomic mass is 10.0. The van der Waals surface area contributed by atoms with Crippen LogP contribution in [-0.2, 0) is 23.8 Å². The Morgan fingerprint density at radius 3 is 2.30 bits per heavy atom. The molecule has 0 aliphatic rings. The molecule has 0 amide bonds. The molecule has 0 saturated carbocycles. The summed E-state index contributed by atoms with van der Waals surface area (Å²) < 4.78 is 52.9. The normalized spacial score (nSPS) is 12.8. The molecule has 0 saturated heterocycles. The Balaban J connectivity index is 1.65. The summed E-state index contributed by atoms with van der Waals surface area (Å²) in [6.45, 7) is 12.5. The number of aryl methyl sites for hydroxylation is 1. The number of aromatic nitrogens is 5. The third-order valence-corrected chi connectivity index (χ3v) is 10.3. The van der Waals surface area contributed by atoms with Gasteiger partial charge in [0.05, 0.1) is 30.8 Å². The van der Waals surface area contributed by atoms with E-state index in [2.05, 4.69) is 54.1 Å². The number of hydrogen-bond donors (Lipinski definition) is 0. The van der Waals surface area contributed by atoms with Crippen molar-refractivity contribution in [3.05, 3.63) is 59.2 Å². The van der Waals surface area contributed by atoms with Crippen LogP contribution < -0.4 is 4.74 Å². The topological polar surface area (TPSA) is 75.0 Å². The van der Waals surface area contributed by atoms with Gasteiger partial charge in [-0.3, -0.25) is 0 Å². The first kappa shape index (κ1) is 24.8. The van der Waals surface area contributed by atoms with Crippen molar-refractivity contribution in [2.75, 3.05) is 0 Å². The molecule has 0 aliphatic carbocycles. The predicted octanol–water partition coefficient (Wildman–Crippen LogP) is 5.49. The zero-order chi connectivity index (χ0) is 24.4. The summed E-state index contributed by atoms with van der Waals surface area (Å²) in [5.74, 6) is 0.511. The third-order valence-electron chi connectivity index (χ3n) is 5.85. The molecule has 0 bridgehead atoms. The van der Waals surface area contributed by atoms with Crippen molar-refractivity contribution in [3.63, 3.8) is 0 Å². The molecule has 0 radical (unpaired) electrons. The Hall–Kier alpha value is -2.79. The number of benzene rings is 1. The van der Waals surface area contributed by atoms with Crippen LogP contribution in [0.15, 0.2) is 36.8 Å². The maximum Gasteiger partial charge on any atom is 0.416 e. The van der Waals surface area contributed by atoms with E-state index in [4.69, 9.17) is 9.16 Å². The highest BCUT2D eigenvalue weighted by molar-refractivity contribution is 6.74. The second-order valence-electron chi connectivity index (χ2n) is 9.31. The minimum atomic E-state index is -4.45. The smallest absolute Gasteiger partial charge is 0.416 e. The standard InChI is InChI=1S/C22H28F3N5O2Si/c1-15-8-7-9-19(22(23,24)25)18(15)14-31-17-10-26-20(27-11-17)30-12-16(28-29-30)13-32-33(5,6)21(2,3)4/h7-12H,13-14H2,1-6H3. The van der Waals surface area contributed by atoms with Gasteiger partial charge >= 0.3 is 6.18 Å². The lowest BCUT2D eigenvalue weighted by Crippen LogP contribution is -2.40. The van der Waals surface area contributed by atoms with Crippen LogP contribution in [0.3, 0.4) is 0 Å². The van der Waals surface area contributed by atoms with Gasteiger partial charge in [0.2, 0.25) is 0 Å². The minimum absolute atomic E-state index is 0.0803. The van der Waals surface area contributed by atoms with Gasteiger partial charge in [-0.05, 0) is 36.7 Å². The summed E-state index contributed by atoms with van der Waals surface area (Å²) in [4.78, 5) is 8.37. The number of rotatable bonds is 7. The first-order chi connectivity index (χ1) is 15.3. The molecule has 0 N–H and O–H groups in total. The average Bonchev–Trinajstić information content (AvgIpc) is 3.19. The zero-order valence-electron chi connectivity index (χ0n) is 19.6. The van der Waals surface area contributed by atoms with Gasteiger partial charge in [0.15, 0.2) is 14.1 Å². The van der Waals surface area contributed by atoms with E-state index in [-0.39, 0.29) is 28.9 Å². The van der Waals surface area contributed by atoms with Crippen molar-refractivity contribution < 1.29 is 22.3 Å². The number of hydrogen-bond acceptors (Lipinski definition) is 6. The summed E-state index contributed by atoms with van der Waals surface area (Å²) in [7, 11) is -1.92. The molecular formula is C22H28F3N5O2Si. The van der Waals surface area contributed by atoms with E-state index in [0.29, 0.717) is 17.9 Å². The molecule has 3 rings (SSSR count). The highest BCUT2D eigenvalue weighted by atomic mass is 28.4. The van der Waals surface area contributed by atoms with Gasteiger partial charge in [0.25, 0.3) is 5.95 Å². The second kappa shape index (κ2) is 9.22. The predicted molar refractivity (Wildman–Crippen MR) is 119 cm³/mol. The summed E-state index contributed by atoms with van der Waals surface area (Å²) in [5.41, 5.74) is 0.521. The van der Waals surface area contributed by atoms with Crippen molar-refractivity contribution in [3.8, 4) is 11.7 Å². The van der Waals surface area contributed by atoms with E-state index in [1.54, 1.807) is 19.2 Å². The Kier molecular flexibility index (Phi) is 6.94. The van der Waals surface area contributed by atoms with Gasteiger partial charge in [0, 0.05) is 5.56 Å². The van der Waals surface area contributed by atoms with Crippen LogP contribution in [0.2, 0.25) is 18.1 Å². The SMILES string of the molecule is Cc1cccc(C(F)(F)F)c1COc1cnc(-n2cc(CO[Si](C)(C)C(C)(C)C)nn2)nc1. The molecule has 178 valence electrons. The highest BCUT2D eigenvalue weighted by Crippen LogP contribution is 2.37. The fourth-order valence-corrected chi connectivity index (χ4v) is 3.69. The van der Waals surface area contributed by atoms with E-state index in [1.807, 2.05) is 0 Å². The first-order valence-corrected chi connectivity index (χ1v) is 13.3. The molecule has 3 aromatic rings. The summed E-state index contributed by atoms with van der Waals surface area (Å²) in [6.07, 6.45) is 0.0127. The fraction of sp³-hybridized carbons (Fsp3) is 0.455. The van der Waals surface area contributed by atoms with Crippen molar-refractivity contribution in [1.82, 2.24) is 25.0 Å². The molecule has 7 nitrogen and oxygen atoms in total. The molecular weight excluding hydrogens is 451 g/mol. The van der Waals surface area contributed by atoms with Gasteiger partial charge in [0.1, 0.15) is 12.3 Å². The number of alkyl halides is 3.